The van der Waals surface area contributed by atoms with Gasteiger partial charge in [0.25, 0.3) is 0 Å². The van der Waals surface area contributed by atoms with Crippen molar-refractivity contribution in [3.63, 3.8) is 0 Å². The van der Waals surface area contributed by atoms with E-state index in [0.29, 0.717) is 5.92 Å². The molecule has 1 unspecified atom stereocenters. The van der Waals surface area contributed by atoms with Crippen molar-refractivity contribution in [1.29, 1.82) is 0 Å². The number of hydrogen-bond donors (Lipinski definition) is 0. The van der Waals surface area contributed by atoms with E-state index >= 15 is 0 Å². The van der Waals surface area contributed by atoms with Gasteiger partial charge in [0.15, 0.2) is 0 Å². The maximum absolute atomic E-state index is 2.43. The van der Waals surface area contributed by atoms with Crippen LogP contribution in [-0.4, -0.2) is 0 Å². The van der Waals surface area contributed by atoms with Gasteiger partial charge in [-0.2, -0.15) is 0 Å². The molecule has 0 aromatic carbocycles. The van der Waals surface area contributed by atoms with Crippen LogP contribution in [0.1, 0.15) is 52.9 Å². The molecule has 0 aromatic heterocycles. The van der Waals surface area contributed by atoms with Crippen LogP contribution < -0.4 is 0 Å². The average molecular weight is 278 g/mol. The molecule has 3 aliphatic carbocycles. The molecule has 1 atom stereocenters. The van der Waals surface area contributed by atoms with Crippen LogP contribution in [0, 0.1) is 5.92 Å². The van der Waals surface area contributed by atoms with E-state index in [1.165, 1.54) is 36.8 Å². The zero-order chi connectivity index (χ0) is 14.8. The van der Waals surface area contributed by atoms with Crippen molar-refractivity contribution in [2.45, 2.75) is 52.9 Å². The third kappa shape index (κ3) is 2.64. The van der Waals surface area contributed by atoms with Crippen molar-refractivity contribution in [1.82, 2.24) is 0 Å². The molecule has 3 aliphatic rings. The topological polar surface area (TPSA) is 0 Å². The molecule has 0 spiro atoms. The Morgan fingerprint density at radius 3 is 2.81 bits per heavy atom. The first-order valence-corrected chi connectivity index (χ1v) is 8.37. The Morgan fingerprint density at radius 1 is 1.19 bits per heavy atom. The molecule has 0 aromatic rings. The fraction of sp³-hybridized carbons (Fsp3) is 0.429. The molecular weight excluding hydrogens is 252 g/mol. The van der Waals surface area contributed by atoms with Crippen LogP contribution in [0.5, 0.6) is 0 Å². The van der Waals surface area contributed by atoms with Gasteiger partial charge < -0.3 is 0 Å². The minimum atomic E-state index is 0.539. The molecule has 0 fully saturated rings. The highest BCUT2D eigenvalue weighted by Gasteiger charge is 2.32. The summed E-state index contributed by atoms with van der Waals surface area (Å²) in [5.74, 6) is 0.539. The van der Waals surface area contributed by atoms with E-state index in [-0.39, 0.29) is 0 Å². The van der Waals surface area contributed by atoms with E-state index < -0.39 is 0 Å². The summed E-state index contributed by atoms with van der Waals surface area (Å²) < 4.78 is 0. The lowest BCUT2D eigenvalue weighted by atomic mass is 9.81. The van der Waals surface area contributed by atoms with Crippen molar-refractivity contribution >= 4 is 0 Å². The highest BCUT2D eigenvalue weighted by atomic mass is 14.4. The smallest absolute Gasteiger partial charge is 0.0270 e. The van der Waals surface area contributed by atoms with Crippen molar-refractivity contribution in [3.05, 3.63) is 69.9 Å². The Hall–Kier alpha value is -1.56. The molecule has 0 N–H and O–H groups in total. The molecule has 110 valence electrons. The minimum Gasteiger partial charge on any atom is -0.0842 e. The van der Waals surface area contributed by atoms with Gasteiger partial charge >= 0.3 is 0 Å². The first-order chi connectivity index (χ1) is 10.2. The average Bonchev–Trinajstić information content (AvgIpc) is 2.77. The molecule has 0 saturated heterocycles. The van der Waals surface area contributed by atoms with Crippen LogP contribution in [0.4, 0.5) is 0 Å². The fourth-order valence-electron chi connectivity index (χ4n) is 3.93. The lowest BCUT2D eigenvalue weighted by Gasteiger charge is -2.23. The van der Waals surface area contributed by atoms with Gasteiger partial charge in [0.05, 0.1) is 0 Å². The lowest BCUT2D eigenvalue weighted by Crippen LogP contribution is -2.09. The largest absolute Gasteiger partial charge is 0.0842 e. The molecule has 0 saturated carbocycles. The molecule has 21 heavy (non-hydrogen) atoms. The molecular formula is C21H26. The van der Waals surface area contributed by atoms with E-state index in [1.54, 1.807) is 22.3 Å². The standard InChI is InChI=1S/C21H26/c1-4-5-11-18-16(3)21(17-10-8-9-15(2)14-17)20-13-7-6-12-19(18)20/h5,7,9,11,13-14,21H,4,6,8,10,12H2,1-3H3/b11-5-. The Balaban J connectivity index is 2.05. The van der Waals surface area contributed by atoms with Gasteiger partial charge in [0.2, 0.25) is 0 Å². The molecule has 0 heterocycles. The monoisotopic (exact) mass is 278 g/mol. The molecule has 3 rings (SSSR count). The third-order valence-electron chi connectivity index (χ3n) is 4.90. The van der Waals surface area contributed by atoms with Gasteiger partial charge in [0.1, 0.15) is 0 Å². The summed E-state index contributed by atoms with van der Waals surface area (Å²) in [6, 6.07) is 0. The van der Waals surface area contributed by atoms with Crippen LogP contribution in [-0.2, 0) is 0 Å². The van der Waals surface area contributed by atoms with Crippen molar-refractivity contribution in [2.24, 2.45) is 5.92 Å². The van der Waals surface area contributed by atoms with Crippen LogP contribution >= 0.6 is 0 Å². The molecule has 0 nitrogen and oxygen atoms in total. The summed E-state index contributed by atoms with van der Waals surface area (Å²) in [6.45, 7) is 6.80. The van der Waals surface area contributed by atoms with Crippen molar-refractivity contribution in [3.8, 4) is 0 Å². The molecule has 0 radical (unpaired) electrons. The summed E-state index contributed by atoms with van der Waals surface area (Å²) in [7, 11) is 0. The van der Waals surface area contributed by atoms with E-state index in [4.69, 9.17) is 0 Å². The number of hydrogen-bond acceptors (Lipinski definition) is 0. The van der Waals surface area contributed by atoms with E-state index in [9.17, 15) is 0 Å². The summed E-state index contributed by atoms with van der Waals surface area (Å²) in [5, 5.41) is 0. The molecule has 0 aliphatic heterocycles. The SMILES string of the molecule is CC/C=C\C1=C(C)C(C2=CC(C)=CCC2)C2=C1CCC=C2. The Labute approximate surface area is 129 Å². The molecule has 0 heteroatoms. The fourth-order valence-corrected chi connectivity index (χ4v) is 3.93. The highest BCUT2D eigenvalue weighted by Crippen LogP contribution is 2.47. The van der Waals surface area contributed by atoms with Crippen LogP contribution in [0.15, 0.2) is 69.9 Å². The van der Waals surface area contributed by atoms with Gasteiger partial charge in [-0.25, -0.2) is 0 Å². The quantitative estimate of drug-likeness (QED) is 0.575. The summed E-state index contributed by atoms with van der Waals surface area (Å²) in [6.07, 6.45) is 20.2. The maximum Gasteiger partial charge on any atom is 0.0270 e. The summed E-state index contributed by atoms with van der Waals surface area (Å²) in [4.78, 5) is 0. The van der Waals surface area contributed by atoms with Gasteiger partial charge in [0, 0.05) is 5.92 Å². The number of rotatable bonds is 3. The van der Waals surface area contributed by atoms with Gasteiger partial charge in [-0.3, -0.25) is 0 Å². The second-order valence-corrected chi connectivity index (χ2v) is 6.42. The Kier molecular flexibility index (Phi) is 4.14. The van der Waals surface area contributed by atoms with E-state index in [2.05, 4.69) is 57.2 Å². The first-order valence-electron chi connectivity index (χ1n) is 8.37. The van der Waals surface area contributed by atoms with Crippen molar-refractivity contribution in [2.75, 3.05) is 0 Å². The summed E-state index contributed by atoms with van der Waals surface area (Å²) in [5.41, 5.74) is 9.33. The second kappa shape index (κ2) is 6.05. The van der Waals surface area contributed by atoms with E-state index in [0.717, 1.165) is 6.42 Å². The van der Waals surface area contributed by atoms with Crippen molar-refractivity contribution < 1.29 is 0 Å². The van der Waals surface area contributed by atoms with Gasteiger partial charge in [-0.15, -0.1) is 0 Å². The lowest BCUT2D eigenvalue weighted by molar-refractivity contribution is 0.769. The maximum atomic E-state index is 2.43. The second-order valence-electron chi connectivity index (χ2n) is 6.42. The Morgan fingerprint density at radius 2 is 2.05 bits per heavy atom. The normalized spacial score (nSPS) is 25.6. The van der Waals surface area contributed by atoms with Crippen LogP contribution in [0.3, 0.4) is 0 Å². The third-order valence-corrected chi connectivity index (χ3v) is 4.90. The molecule has 0 bridgehead atoms. The van der Waals surface area contributed by atoms with Gasteiger partial charge in [-0.1, -0.05) is 60.1 Å². The predicted molar refractivity (Wildman–Crippen MR) is 92.1 cm³/mol. The first kappa shape index (κ1) is 14.4. The van der Waals surface area contributed by atoms with Gasteiger partial charge in [-0.05, 0) is 62.7 Å². The van der Waals surface area contributed by atoms with E-state index in [1.807, 2.05) is 0 Å². The number of allylic oxidation sites excluding steroid dienone is 12. The summed E-state index contributed by atoms with van der Waals surface area (Å²) >= 11 is 0. The van der Waals surface area contributed by atoms with Crippen LogP contribution in [0.2, 0.25) is 0 Å². The zero-order valence-corrected chi connectivity index (χ0v) is 13.6. The predicted octanol–water partition coefficient (Wildman–Crippen LogP) is 6.21. The Bertz CT molecular complexity index is 614. The van der Waals surface area contributed by atoms with Crippen LogP contribution in [0.25, 0.3) is 0 Å². The minimum absolute atomic E-state index is 0.539. The molecule has 0 amide bonds. The zero-order valence-electron chi connectivity index (χ0n) is 13.6. The highest BCUT2D eigenvalue weighted by molar-refractivity contribution is 5.62.